The van der Waals surface area contributed by atoms with Crippen LogP contribution in [-0.4, -0.2) is 64.0 Å². The van der Waals surface area contributed by atoms with Crippen LogP contribution in [0.3, 0.4) is 0 Å². The van der Waals surface area contributed by atoms with Gasteiger partial charge in [0.25, 0.3) is 0 Å². The van der Waals surface area contributed by atoms with E-state index in [-0.39, 0.29) is 19.0 Å². The van der Waals surface area contributed by atoms with Gasteiger partial charge >= 0.3 is 6.09 Å². The van der Waals surface area contributed by atoms with Crippen molar-refractivity contribution in [2.75, 3.05) is 20.6 Å². The number of nitrogens with zero attached hydrogens (tertiary/aromatic N) is 4. The summed E-state index contributed by atoms with van der Waals surface area (Å²) in [5.41, 5.74) is 1.04. The Kier molecular flexibility index (Phi) is 5.45. The van der Waals surface area contributed by atoms with Gasteiger partial charge in [-0.2, -0.15) is 0 Å². The van der Waals surface area contributed by atoms with Crippen LogP contribution < -0.4 is 0 Å². The first-order chi connectivity index (χ1) is 9.43. The first kappa shape index (κ1) is 15.4. The molecular formula is C12H16N4O4. The molecule has 0 unspecified atom stereocenters. The Balaban J connectivity index is 2.83. The number of hydrogen-bond acceptors (Lipinski definition) is 5. The van der Waals surface area contributed by atoms with Crippen LogP contribution in [0.1, 0.15) is 11.3 Å². The van der Waals surface area contributed by atoms with Crippen molar-refractivity contribution in [1.29, 1.82) is 0 Å². The van der Waals surface area contributed by atoms with Gasteiger partial charge in [-0.1, -0.05) is 5.16 Å². The molecule has 20 heavy (non-hydrogen) atoms. The van der Waals surface area contributed by atoms with E-state index in [1.165, 1.54) is 17.3 Å². The molecule has 0 spiro atoms. The van der Waals surface area contributed by atoms with Gasteiger partial charge in [-0.05, 0) is 17.7 Å². The zero-order chi connectivity index (χ0) is 15.1. The molecule has 8 nitrogen and oxygen atoms in total. The molecule has 0 atom stereocenters. The Morgan fingerprint density at radius 3 is 2.70 bits per heavy atom. The maximum absolute atomic E-state index is 11.6. The molecule has 1 aromatic heterocycles. The number of carbonyl (C=O) groups is 2. The van der Waals surface area contributed by atoms with Crippen LogP contribution in [0.25, 0.3) is 0 Å². The zero-order valence-corrected chi connectivity index (χ0v) is 11.2. The van der Waals surface area contributed by atoms with E-state index in [0.29, 0.717) is 11.3 Å². The van der Waals surface area contributed by atoms with Crippen molar-refractivity contribution < 1.29 is 19.9 Å². The molecule has 0 aromatic carbocycles. The molecule has 0 radical (unpaired) electrons. The average Bonchev–Trinajstić information content (AvgIpc) is 2.38. The Labute approximate surface area is 115 Å². The Morgan fingerprint density at radius 1 is 1.45 bits per heavy atom. The van der Waals surface area contributed by atoms with Gasteiger partial charge in [-0.15, -0.1) is 0 Å². The van der Waals surface area contributed by atoms with Crippen molar-refractivity contribution in [3.05, 3.63) is 29.6 Å². The van der Waals surface area contributed by atoms with Gasteiger partial charge in [0, 0.05) is 20.3 Å². The van der Waals surface area contributed by atoms with Gasteiger partial charge in [0.05, 0.1) is 18.5 Å². The minimum absolute atomic E-state index is 0.0258. The van der Waals surface area contributed by atoms with Gasteiger partial charge in [-0.25, -0.2) is 4.79 Å². The highest BCUT2D eigenvalue weighted by molar-refractivity contribution is 5.81. The van der Waals surface area contributed by atoms with Crippen molar-refractivity contribution in [3.8, 4) is 0 Å². The van der Waals surface area contributed by atoms with E-state index < -0.39 is 6.09 Å². The number of carbonyl (C=O) groups excluding carboxylic acids is 1. The maximum atomic E-state index is 11.6. The van der Waals surface area contributed by atoms with E-state index in [2.05, 4.69) is 10.1 Å². The lowest BCUT2D eigenvalue weighted by Gasteiger charge is -2.20. The number of rotatable bonds is 5. The van der Waals surface area contributed by atoms with E-state index in [1.807, 2.05) is 0 Å². The highest BCUT2D eigenvalue weighted by atomic mass is 16.4. The monoisotopic (exact) mass is 280 g/mol. The number of carboxylic acid groups (broad SMARTS) is 1. The fourth-order valence-corrected chi connectivity index (χ4v) is 1.42. The molecule has 8 heteroatoms. The predicted octanol–water partition coefficient (Wildman–Crippen LogP) is 0.458. The van der Waals surface area contributed by atoms with Gasteiger partial charge < -0.3 is 15.2 Å². The molecule has 0 saturated carbocycles. The summed E-state index contributed by atoms with van der Waals surface area (Å²) in [6.45, 7) is -0.273. The van der Waals surface area contributed by atoms with E-state index in [1.54, 1.807) is 26.2 Å². The largest absolute Gasteiger partial charge is 0.465 e. The lowest BCUT2D eigenvalue weighted by atomic mass is 10.2. The predicted molar refractivity (Wildman–Crippen MR) is 70.7 cm³/mol. The summed E-state index contributed by atoms with van der Waals surface area (Å²) in [5, 5.41) is 20.4. The number of amides is 2. The minimum atomic E-state index is -1.21. The number of hydrogen-bond donors (Lipinski definition) is 2. The van der Waals surface area contributed by atoms with Gasteiger partial charge in [0.15, 0.2) is 0 Å². The molecule has 0 aliphatic rings. The van der Waals surface area contributed by atoms with Gasteiger partial charge in [0.1, 0.15) is 6.54 Å². The third-order valence-corrected chi connectivity index (χ3v) is 2.50. The Bertz CT molecular complexity index is 516. The van der Waals surface area contributed by atoms with Gasteiger partial charge in [-0.3, -0.25) is 14.7 Å². The number of oxime groups is 1. The summed E-state index contributed by atoms with van der Waals surface area (Å²) in [6, 6.07) is 3.19. The average molecular weight is 280 g/mol. The van der Waals surface area contributed by atoms with E-state index >= 15 is 0 Å². The second-order valence-electron chi connectivity index (χ2n) is 4.25. The fourth-order valence-electron chi connectivity index (χ4n) is 1.42. The van der Waals surface area contributed by atoms with Crippen LogP contribution in [0.2, 0.25) is 0 Å². The molecule has 0 aliphatic carbocycles. The SMILES string of the molecule is CN(C)C(=O)CN(Cc1cc(/C=N/O)ccn1)C(=O)O. The molecule has 1 rings (SSSR count). The van der Waals surface area contributed by atoms with Crippen LogP contribution in [-0.2, 0) is 11.3 Å². The molecule has 2 N–H and O–H groups in total. The summed E-state index contributed by atoms with van der Waals surface area (Å²) in [4.78, 5) is 29.0. The number of aromatic nitrogens is 1. The Morgan fingerprint density at radius 2 is 2.15 bits per heavy atom. The summed E-state index contributed by atoms with van der Waals surface area (Å²) < 4.78 is 0. The number of likely N-dealkylation sites (N-methyl/N-ethyl adjacent to an activating group) is 1. The molecule has 2 amide bonds. The van der Waals surface area contributed by atoms with Crippen molar-refractivity contribution >= 4 is 18.2 Å². The fraction of sp³-hybridized carbons (Fsp3) is 0.333. The maximum Gasteiger partial charge on any atom is 0.408 e. The van der Waals surface area contributed by atoms with E-state index in [9.17, 15) is 9.59 Å². The molecule has 0 aliphatic heterocycles. The molecule has 1 heterocycles. The first-order valence-electron chi connectivity index (χ1n) is 5.74. The second-order valence-corrected chi connectivity index (χ2v) is 4.25. The lowest BCUT2D eigenvalue weighted by Crippen LogP contribution is -2.39. The standard InChI is InChI=1S/C12H16N4O4/c1-15(2)11(17)8-16(12(18)19)7-10-5-9(6-14-20)3-4-13-10/h3-6,20H,7-8H2,1-2H3,(H,18,19)/b14-6+. The van der Waals surface area contributed by atoms with E-state index in [4.69, 9.17) is 10.3 Å². The highest BCUT2D eigenvalue weighted by Crippen LogP contribution is 2.05. The van der Waals surface area contributed by atoms with Crippen LogP contribution >= 0.6 is 0 Å². The second kappa shape index (κ2) is 7.07. The molecule has 0 fully saturated rings. The lowest BCUT2D eigenvalue weighted by molar-refractivity contribution is -0.129. The van der Waals surface area contributed by atoms with Crippen LogP contribution in [0.5, 0.6) is 0 Å². The normalized spacial score (nSPS) is 10.5. The molecule has 108 valence electrons. The van der Waals surface area contributed by atoms with Crippen LogP contribution in [0.4, 0.5) is 4.79 Å². The summed E-state index contributed by atoms with van der Waals surface area (Å²) in [7, 11) is 3.11. The zero-order valence-electron chi connectivity index (χ0n) is 11.2. The summed E-state index contributed by atoms with van der Waals surface area (Å²) >= 11 is 0. The molecule has 1 aromatic rings. The minimum Gasteiger partial charge on any atom is -0.465 e. The van der Waals surface area contributed by atoms with Gasteiger partial charge in [0.2, 0.25) is 5.91 Å². The third-order valence-electron chi connectivity index (χ3n) is 2.50. The topological polar surface area (TPSA) is 106 Å². The van der Waals surface area contributed by atoms with Crippen molar-refractivity contribution in [2.45, 2.75) is 6.54 Å². The van der Waals surface area contributed by atoms with E-state index in [0.717, 1.165) is 4.90 Å². The number of pyridine rings is 1. The van der Waals surface area contributed by atoms with Crippen LogP contribution in [0.15, 0.2) is 23.5 Å². The first-order valence-corrected chi connectivity index (χ1v) is 5.74. The van der Waals surface area contributed by atoms with Crippen LogP contribution in [0, 0.1) is 0 Å². The quantitative estimate of drug-likeness (QED) is 0.463. The molecule has 0 saturated heterocycles. The Hall–Kier alpha value is -2.64. The highest BCUT2D eigenvalue weighted by Gasteiger charge is 2.18. The third kappa shape index (κ3) is 4.56. The van der Waals surface area contributed by atoms with Crippen molar-refractivity contribution in [2.24, 2.45) is 5.16 Å². The van der Waals surface area contributed by atoms with Crippen molar-refractivity contribution in [3.63, 3.8) is 0 Å². The summed E-state index contributed by atoms with van der Waals surface area (Å²) in [5.74, 6) is -0.319. The smallest absolute Gasteiger partial charge is 0.408 e. The van der Waals surface area contributed by atoms with Crippen molar-refractivity contribution in [1.82, 2.24) is 14.8 Å². The molecule has 0 bridgehead atoms. The molecular weight excluding hydrogens is 264 g/mol. The summed E-state index contributed by atoms with van der Waals surface area (Å²) in [6.07, 6.45) is 1.48.